The van der Waals surface area contributed by atoms with Gasteiger partial charge in [0, 0.05) is 6.42 Å². The Morgan fingerprint density at radius 3 is 2.65 bits per heavy atom. The Morgan fingerprint density at radius 2 is 2.15 bits per heavy atom. The second kappa shape index (κ2) is 6.26. The fourth-order valence-corrected chi connectivity index (χ4v) is 4.54. The summed E-state index contributed by atoms with van der Waals surface area (Å²) in [5.41, 5.74) is 0.686. The van der Waals surface area contributed by atoms with Crippen LogP contribution in [0.1, 0.15) is 26.7 Å². The molecule has 0 aromatic rings. The first kappa shape index (κ1) is 17.2. The Bertz CT molecular complexity index is 533. The number of rotatable bonds is 5. The molecule has 0 aliphatic heterocycles. The molecule has 0 amide bonds. The highest BCUT2D eigenvalue weighted by molar-refractivity contribution is 7.92. The van der Waals surface area contributed by atoms with Crippen molar-refractivity contribution in [2.45, 2.75) is 31.6 Å². The summed E-state index contributed by atoms with van der Waals surface area (Å²) in [6, 6.07) is 0. The Labute approximate surface area is 124 Å². The van der Waals surface area contributed by atoms with E-state index in [-0.39, 0.29) is 23.9 Å². The summed E-state index contributed by atoms with van der Waals surface area (Å²) in [6.07, 6.45) is 2.57. The lowest BCUT2D eigenvalue weighted by molar-refractivity contribution is -0.137. The minimum absolute atomic E-state index is 0.0153. The van der Waals surface area contributed by atoms with Crippen molar-refractivity contribution in [1.82, 2.24) is 0 Å². The molecule has 2 atom stereocenters. The highest BCUT2D eigenvalue weighted by atomic mass is 35.5. The average molecular weight is 323 g/mol. The van der Waals surface area contributed by atoms with E-state index >= 15 is 0 Å². The zero-order valence-corrected chi connectivity index (χ0v) is 13.4. The third-order valence-electron chi connectivity index (χ3n) is 3.50. The predicted octanol–water partition coefficient (Wildman–Crippen LogP) is 1.50. The molecular weight excluding hydrogens is 304 g/mol. The number of methoxy groups -OCH3 is 1. The van der Waals surface area contributed by atoms with E-state index < -0.39 is 26.4 Å². The van der Waals surface area contributed by atoms with Gasteiger partial charge in [-0.25, -0.2) is 8.42 Å². The van der Waals surface area contributed by atoms with E-state index in [9.17, 15) is 18.0 Å². The lowest BCUT2D eigenvalue weighted by Gasteiger charge is -2.33. The second-order valence-electron chi connectivity index (χ2n) is 5.33. The van der Waals surface area contributed by atoms with Gasteiger partial charge in [0.1, 0.15) is 5.75 Å². The molecule has 0 saturated carbocycles. The van der Waals surface area contributed by atoms with E-state index in [4.69, 9.17) is 11.6 Å². The lowest BCUT2D eigenvalue weighted by atomic mass is 9.81. The molecule has 0 bridgehead atoms. The fourth-order valence-electron chi connectivity index (χ4n) is 2.20. The number of allylic oxidation sites excluding steroid dienone is 2. The summed E-state index contributed by atoms with van der Waals surface area (Å²) in [7, 11) is -2.54. The standard InChI is InChI=1S/C13H19ClO5S/c1-9-4-5-10(6-11(9)15)13(2,14)8-20(17,18)7-12(16)19-3/h4,10H,5-8H2,1-3H3/t10-,13?/m1/s1. The number of halogens is 1. The number of sulfone groups is 1. The molecule has 20 heavy (non-hydrogen) atoms. The van der Waals surface area contributed by atoms with Crippen LogP contribution in [0.3, 0.4) is 0 Å². The zero-order valence-electron chi connectivity index (χ0n) is 11.8. The molecule has 114 valence electrons. The van der Waals surface area contributed by atoms with E-state index in [0.29, 0.717) is 12.0 Å². The first-order chi connectivity index (χ1) is 9.07. The summed E-state index contributed by atoms with van der Waals surface area (Å²) in [6.45, 7) is 3.33. The van der Waals surface area contributed by atoms with Crippen molar-refractivity contribution >= 4 is 33.2 Å². The van der Waals surface area contributed by atoms with Crippen LogP contribution >= 0.6 is 11.6 Å². The molecule has 1 rings (SSSR count). The molecule has 5 nitrogen and oxygen atoms in total. The number of hydrogen-bond donors (Lipinski definition) is 0. The van der Waals surface area contributed by atoms with Crippen LogP contribution in [0.15, 0.2) is 11.6 Å². The molecule has 0 N–H and O–H groups in total. The molecule has 0 fully saturated rings. The van der Waals surface area contributed by atoms with Gasteiger partial charge in [0.05, 0.1) is 17.7 Å². The number of carbonyl (C=O) groups excluding carboxylic acids is 2. The molecule has 0 heterocycles. The van der Waals surface area contributed by atoms with E-state index in [0.717, 1.165) is 7.11 Å². The molecule has 7 heteroatoms. The number of esters is 1. The van der Waals surface area contributed by atoms with Crippen LogP contribution in [0.25, 0.3) is 0 Å². The second-order valence-corrected chi connectivity index (χ2v) is 8.26. The minimum atomic E-state index is -3.67. The maximum atomic E-state index is 11.9. The Balaban J connectivity index is 2.80. The van der Waals surface area contributed by atoms with Crippen LogP contribution in [0, 0.1) is 5.92 Å². The van der Waals surface area contributed by atoms with Crippen molar-refractivity contribution in [3.05, 3.63) is 11.6 Å². The van der Waals surface area contributed by atoms with Gasteiger partial charge in [0.25, 0.3) is 0 Å². The fraction of sp³-hybridized carbons (Fsp3) is 0.692. The van der Waals surface area contributed by atoms with Gasteiger partial charge in [0.2, 0.25) is 0 Å². The van der Waals surface area contributed by atoms with Gasteiger partial charge in [-0.15, -0.1) is 11.6 Å². The molecule has 1 unspecified atom stereocenters. The van der Waals surface area contributed by atoms with Gasteiger partial charge in [-0.05, 0) is 31.8 Å². The summed E-state index contributed by atoms with van der Waals surface area (Å²) in [4.78, 5) is 21.7. The summed E-state index contributed by atoms with van der Waals surface area (Å²) < 4.78 is 28.2. The molecule has 1 aliphatic rings. The Morgan fingerprint density at radius 1 is 1.55 bits per heavy atom. The van der Waals surface area contributed by atoms with Crippen LogP contribution in [-0.2, 0) is 24.2 Å². The van der Waals surface area contributed by atoms with Crippen LogP contribution in [0.2, 0.25) is 0 Å². The lowest BCUT2D eigenvalue weighted by Crippen LogP contribution is -2.40. The number of carbonyl (C=O) groups is 2. The molecule has 1 aliphatic carbocycles. The topological polar surface area (TPSA) is 77.5 Å². The molecule has 0 saturated heterocycles. The first-order valence-corrected chi connectivity index (χ1v) is 8.43. The van der Waals surface area contributed by atoms with Crippen LogP contribution in [0.5, 0.6) is 0 Å². The number of Topliss-reactive ketones (excluding diaryl/α,β-unsaturated/α-hetero) is 1. The zero-order chi connectivity index (χ0) is 15.6. The largest absolute Gasteiger partial charge is 0.468 e. The number of alkyl halides is 1. The van der Waals surface area contributed by atoms with E-state index in [1.165, 1.54) is 0 Å². The summed E-state index contributed by atoms with van der Waals surface area (Å²) in [5, 5.41) is 0. The van der Waals surface area contributed by atoms with Gasteiger partial charge < -0.3 is 4.74 Å². The summed E-state index contributed by atoms with van der Waals surface area (Å²) in [5.74, 6) is -2.14. The van der Waals surface area contributed by atoms with Crippen molar-refractivity contribution in [1.29, 1.82) is 0 Å². The van der Waals surface area contributed by atoms with Crippen LogP contribution in [0.4, 0.5) is 0 Å². The van der Waals surface area contributed by atoms with Crippen molar-refractivity contribution in [3.63, 3.8) is 0 Å². The van der Waals surface area contributed by atoms with Gasteiger partial charge in [-0.2, -0.15) is 0 Å². The van der Waals surface area contributed by atoms with Gasteiger partial charge in [0.15, 0.2) is 15.6 Å². The number of ether oxygens (including phenoxy) is 1. The summed E-state index contributed by atoms with van der Waals surface area (Å²) >= 11 is 6.33. The van der Waals surface area contributed by atoms with Crippen LogP contribution < -0.4 is 0 Å². The maximum Gasteiger partial charge on any atom is 0.320 e. The maximum absolute atomic E-state index is 11.9. The highest BCUT2D eigenvalue weighted by Crippen LogP contribution is 2.36. The third-order valence-corrected chi connectivity index (χ3v) is 5.81. The molecule has 0 aromatic carbocycles. The Hall–Kier alpha value is -0.880. The molecular formula is C13H19ClO5S. The van der Waals surface area contributed by atoms with E-state index in [1.54, 1.807) is 19.9 Å². The smallest absolute Gasteiger partial charge is 0.320 e. The molecule has 0 aromatic heterocycles. The third kappa shape index (κ3) is 4.59. The first-order valence-electron chi connectivity index (χ1n) is 6.23. The van der Waals surface area contributed by atoms with Crippen molar-refractivity contribution in [3.8, 4) is 0 Å². The van der Waals surface area contributed by atoms with Gasteiger partial charge >= 0.3 is 5.97 Å². The van der Waals surface area contributed by atoms with Crippen LogP contribution in [-0.4, -0.2) is 43.7 Å². The van der Waals surface area contributed by atoms with E-state index in [1.807, 2.05) is 0 Å². The number of ketones is 1. The van der Waals surface area contributed by atoms with Crippen molar-refractivity contribution in [2.24, 2.45) is 5.92 Å². The monoisotopic (exact) mass is 322 g/mol. The predicted molar refractivity (Wildman–Crippen MR) is 76.4 cm³/mol. The normalized spacial score (nSPS) is 22.9. The number of hydrogen-bond acceptors (Lipinski definition) is 5. The average Bonchev–Trinajstić information content (AvgIpc) is 2.30. The van der Waals surface area contributed by atoms with Gasteiger partial charge in [-0.3, -0.25) is 9.59 Å². The highest BCUT2D eigenvalue weighted by Gasteiger charge is 2.39. The molecule has 0 radical (unpaired) electrons. The van der Waals surface area contributed by atoms with Gasteiger partial charge in [-0.1, -0.05) is 6.08 Å². The molecule has 0 spiro atoms. The van der Waals surface area contributed by atoms with E-state index in [2.05, 4.69) is 4.74 Å². The minimum Gasteiger partial charge on any atom is -0.468 e. The SMILES string of the molecule is COC(=O)CS(=O)(=O)CC(C)(Cl)[C@@H]1CC=C(C)C(=O)C1. The van der Waals surface area contributed by atoms with Crippen molar-refractivity contribution in [2.75, 3.05) is 18.6 Å². The Kier molecular flexibility index (Phi) is 5.38. The van der Waals surface area contributed by atoms with Crippen molar-refractivity contribution < 1.29 is 22.7 Å². The quantitative estimate of drug-likeness (QED) is 0.566.